The maximum Gasteiger partial charge on any atom is 0.409 e. The number of aryl methyl sites for hydroxylation is 2. The van der Waals surface area contributed by atoms with E-state index in [-0.39, 0.29) is 0 Å². The molecule has 0 aliphatic heterocycles. The summed E-state index contributed by atoms with van der Waals surface area (Å²) in [6.45, 7) is 0. The Bertz CT molecular complexity index is 1090. The normalized spacial score (nSPS) is 11.8. The Labute approximate surface area is 149 Å². The number of hydrogen-bond donors (Lipinski definition) is 0. The summed E-state index contributed by atoms with van der Waals surface area (Å²) in [4.78, 5) is 2.06. The van der Waals surface area contributed by atoms with Gasteiger partial charge in [-0.15, -0.1) is 0 Å². The zero-order valence-corrected chi connectivity index (χ0v) is 15.4. The molecule has 0 saturated carbocycles. The number of azo groups is 1. The van der Waals surface area contributed by atoms with Crippen LogP contribution in [0.3, 0.4) is 0 Å². The average molecular weight is 351 g/mol. The van der Waals surface area contributed by atoms with Gasteiger partial charge >= 0.3 is 5.13 Å². The van der Waals surface area contributed by atoms with Gasteiger partial charge in [-0.2, -0.15) is 5.10 Å². The van der Waals surface area contributed by atoms with E-state index in [2.05, 4.69) is 36.9 Å². The van der Waals surface area contributed by atoms with Crippen LogP contribution in [0.15, 0.2) is 52.8 Å². The van der Waals surface area contributed by atoms with Gasteiger partial charge in [-0.25, -0.2) is 4.57 Å². The minimum absolute atomic E-state index is 0.845. The van der Waals surface area contributed by atoms with E-state index in [0.717, 1.165) is 32.9 Å². The van der Waals surface area contributed by atoms with Gasteiger partial charge in [0.1, 0.15) is 11.2 Å². The molecule has 0 radical (unpaired) electrons. The number of anilines is 1. The Kier molecular flexibility index (Phi) is 3.73. The van der Waals surface area contributed by atoms with Crippen molar-refractivity contribution in [2.75, 3.05) is 19.0 Å². The molecular formula is C18H19N6S+. The number of nitrogens with zero attached hydrogens (tertiary/aromatic N) is 6. The van der Waals surface area contributed by atoms with E-state index in [1.54, 1.807) is 11.3 Å². The van der Waals surface area contributed by atoms with Gasteiger partial charge in [0.2, 0.25) is 0 Å². The molecule has 0 fully saturated rings. The number of thiazole rings is 1. The van der Waals surface area contributed by atoms with Gasteiger partial charge in [0.15, 0.2) is 0 Å². The lowest BCUT2D eigenvalue weighted by Gasteiger charge is -2.11. The number of aromatic nitrogens is 3. The van der Waals surface area contributed by atoms with Crippen molar-refractivity contribution < 1.29 is 4.57 Å². The molecule has 4 aromatic rings. The van der Waals surface area contributed by atoms with E-state index < -0.39 is 0 Å². The van der Waals surface area contributed by atoms with Crippen molar-refractivity contribution in [3.63, 3.8) is 0 Å². The van der Waals surface area contributed by atoms with E-state index in [0.29, 0.717) is 0 Å². The maximum absolute atomic E-state index is 4.46. The van der Waals surface area contributed by atoms with Gasteiger partial charge in [-0.1, -0.05) is 0 Å². The van der Waals surface area contributed by atoms with Gasteiger partial charge in [0.25, 0.3) is 0 Å². The van der Waals surface area contributed by atoms with E-state index in [4.69, 9.17) is 0 Å². The zero-order chi connectivity index (χ0) is 17.6. The standard InChI is InChI=1S/C18H19N6S/c1-22(2)14-7-5-13(6-8-14)20-21-18-23(3)16-10-15-12(9-17(16)25-18)11-19-24(15)4/h5-11H,1-4H3/q+1. The summed E-state index contributed by atoms with van der Waals surface area (Å²) in [6.07, 6.45) is 1.89. The Morgan fingerprint density at radius 1 is 1.12 bits per heavy atom. The van der Waals surface area contributed by atoms with Crippen molar-refractivity contribution in [3.05, 3.63) is 42.6 Å². The summed E-state index contributed by atoms with van der Waals surface area (Å²) in [5.74, 6) is 0. The summed E-state index contributed by atoms with van der Waals surface area (Å²) in [5.41, 5.74) is 4.24. The molecule has 0 saturated heterocycles. The fourth-order valence-corrected chi connectivity index (χ4v) is 3.79. The number of rotatable bonds is 3. The summed E-state index contributed by atoms with van der Waals surface area (Å²) in [7, 11) is 8.02. The van der Waals surface area contributed by atoms with Gasteiger partial charge in [-0.05, 0) is 46.8 Å². The van der Waals surface area contributed by atoms with Gasteiger partial charge in [0, 0.05) is 38.3 Å². The van der Waals surface area contributed by atoms with Crippen LogP contribution < -0.4 is 9.47 Å². The fourth-order valence-electron chi connectivity index (χ4n) is 2.79. The maximum atomic E-state index is 4.46. The Balaban J connectivity index is 1.71. The summed E-state index contributed by atoms with van der Waals surface area (Å²) in [5, 5.41) is 15.2. The smallest absolute Gasteiger partial charge is 0.378 e. The fraction of sp³-hybridized carbons (Fsp3) is 0.222. The molecule has 25 heavy (non-hydrogen) atoms. The monoisotopic (exact) mass is 351 g/mol. The molecule has 0 N–H and O–H groups in total. The Morgan fingerprint density at radius 3 is 2.60 bits per heavy atom. The van der Waals surface area contributed by atoms with Crippen LogP contribution in [0.25, 0.3) is 21.1 Å². The van der Waals surface area contributed by atoms with Crippen LogP contribution in [-0.4, -0.2) is 23.9 Å². The van der Waals surface area contributed by atoms with Crippen LogP contribution in [0.1, 0.15) is 0 Å². The topological polar surface area (TPSA) is 49.7 Å². The molecule has 2 aromatic heterocycles. The molecule has 0 spiro atoms. The molecule has 0 atom stereocenters. The average Bonchev–Trinajstić information content (AvgIpc) is 3.12. The van der Waals surface area contributed by atoms with Gasteiger partial charge in [-0.3, -0.25) is 4.68 Å². The van der Waals surface area contributed by atoms with Crippen LogP contribution >= 0.6 is 11.3 Å². The first kappa shape index (κ1) is 15.7. The summed E-state index contributed by atoms with van der Waals surface area (Å²) >= 11 is 1.63. The summed E-state index contributed by atoms with van der Waals surface area (Å²) in [6, 6.07) is 12.3. The highest BCUT2D eigenvalue weighted by atomic mass is 32.1. The van der Waals surface area contributed by atoms with Crippen molar-refractivity contribution in [1.29, 1.82) is 0 Å². The SMILES string of the molecule is CN(C)c1ccc(N=Nc2sc3cc4cnn(C)c4cc3[n+]2C)cc1. The van der Waals surface area contributed by atoms with Crippen LogP contribution in [0.4, 0.5) is 16.5 Å². The number of fused-ring (bicyclic) bond motifs is 2. The molecule has 0 aliphatic carbocycles. The van der Waals surface area contributed by atoms with Crippen molar-refractivity contribution in [3.8, 4) is 0 Å². The number of hydrogen-bond acceptors (Lipinski definition) is 5. The molecule has 6 nitrogen and oxygen atoms in total. The molecule has 7 heteroatoms. The molecule has 2 aromatic carbocycles. The Morgan fingerprint density at radius 2 is 1.88 bits per heavy atom. The van der Waals surface area contributed by atoms with Gasteiger partial charge in [0.05, 0.1) is 28.6 Å². The second-order valence-corrected chi connectivity index (χ2v) is 7.21. The first-order valence-electron chi connectivity index (χ1n) is 7.96. The largest absolute Gasteiger partial charge is 0.409 e. The van der Waals surface area contributed by atoms with E-state index >= 15 is 0 Å². The molecule has 0 amide bonds. The van der Waals surface area contributed by atoms with Crippen molar-refractivity contribution in [1.82, 2.24) is 9.78 Å². The molecule has 0 aliphatic rings. The predicted molar refractivity (Wildman–Crippen MR) is 102 cm³/mol. The quantitative estimate of drug-likeness (QED) is 0.412. The highest BCUT2D eigenvalue weighted by molar-refractivity contribution is 7.21. The van der Waals surface area contributed by atoms with Crippen molar-refractivity contribution in [2.45, 2.75) is 0 Å². The first-order valence-corrected chi connectivity index (χ1v) is 8.78. The second kappa shape index (κ2) is 5.93. The number of benzene rings is 2. The third kappa shape index (κ3) is 2.76. The molecule has 0 bridgehead atoms. The molecule has 2 heterocycles. The van der Waals surface area contributed by atoms with Crippen molar-refractivity contribution >= 4 is 49.0 Å². The van der Waals surface area contributed by atoms with Crippen LogP contribution in [0.2, 0.25) is 0 Å². The molecule has 0 unspecified atom stereocenters. The molecular weight excluding hydrogens is 332 g/mol. The lowest BCUT2D eigenvalue weighted by Crippen LogP contribution is -2.25. The minimum atomic E-state index is 0.845. The second-order valence-electron chi connectivity index (χ2n) is 6.20. The first-order chi connectivity index (χ1) is 12.0. The van der Waals surface area contributed by atoms with Crippen LogP contribution in [0, 0.1) is 0 Å². The highest BCUT2D eigenvalue weighted by Gasteiger charge is 2.17. The van der Waals surface area contributed by atoms with Crippen molar-refractivity contribution in [2.24, 2.45) is 24.3 Å². The third-order valence-corrected chi connectivity index (χ3v) is 5.38. The summed E-state index contributed by atoms with van der Waals surface area (Å²) < 4.78 is 5.14. The Hall–Kier alpha value is -2.80. The van der Waals surface area contributed by atoms with Crippen LogP contribution in [-0.2, 0) is 14.1 Å². The van der Waals surface area contributed by atoms with Gasteiger partial charge < -0.3 is 4.90 Å². The van der Waals surface area contributed by atoms with E-state index in [9.17, 15) is 0 Å². The molecule has 4 rings (SSSR count). The van der Waals surface area contributed by atoms with Crippen LogP contribution in [0.5, 0.6) is 0 Å². The minimum Gasteiger partial charge on any atom is -0.378 e. The predicted octanol–water partition coefficient (Wildman–Crippen LogP) is 4.09. The molecule has 126 valence electrons. The highest BCUT2D eigenvalue weighted by Crippen LogP contribution is 2.30. The zero-order valence-electron chi connectivity index (χ0n) is 14.6. The lowest BCUT2D eigenvalue weighted by atomic mass is 10.2. The van der Waals surface area contributed by atoms with E-state index in [1.165, 1.54) is 4.70 Å². The van der Waals surface area contributed by atoms with E-state index in [1.807, 2.05) is 63.3 Å². The lowest BCUT2D eigenvalue weighted by molar-refractivity contribution is -0.627. The third-order valence-electron chi connectivity index (χ3n) is 4.29.